The molecule has 101 heavy (non-hydrogen) atoms. The van der Waals surface area contributed by atoms with Crippen molar-refractivity contribution in [1.82, 2.24) is 24.5 Å². The lowest BCUT2D eigenvalue weighted by atomic mass is 10.1. The van der Waals surface area contributed by atoms with E-state index in [9.17, 15) is 62.3 Å². The maximum absolute atomic E-state index is 13.6. The van der Waals surface area contributed by atoms with Gasteiger partial charge in [-0.1, -0.05) is 121 Å². The minimum Gasteiger partial charge on any atom is -0.462 e. The lowest BCUT2D eigenvalue weighted by molar-refractivity contribution is -0.149. The van der Waals surface area contributed by atoms with Gasteiger partial charge in [-0.15, -0.1) is 0 Å². The number of carbonyl (C=O) groups is 13. The third-order valence-electron chi connectivity index (χ3n) is 16.2. The number of nitrogens with one attached hydrogen (secondary N) is 3. The maximum atomic E-state index is 13.6. The predicted octanol–water partition coefficient (Wildman–Crippen LogP) is 9.42. The molecule has 0 spiro atoms. The summed E-state index contributed by atoms with van der Waals surface area (Å²) in [4.78, 5) is 176. The van der Waals surface area contributed by atoms with Gasteiger partial charge in [0, 0.05) is 52.7 Å². The number of para-hydroxylation sites is 2. The van der Waals surface area contributed by atoms with Gasteiger partial charge in [-0.25, -0.2) is 33.9 Å². The number of ether oxygens (including phenoxy) is 4. The van der Waals surface area contributed by atoms with Gasteiger partial charge in [-0.3, -0.25) is 48.1 Å². The number of imide groups is 3. The van der Waals surface area contributed by atoms with Crippen LogP contribution in [0, 0.1) is 13.8 Å². The summed E-state index contributed by atoms with van der Waals surface area (Å²) in [6.45, 7) is 11.7. The number of fused-ring (bicyclic) bond motifs is 1. The smallest absolute Gasteiger partial charge is 0.418 e. The van der Waals surface area contributed by atoms with Crippen LogP contribution in [0.15, 0.2) is 140 Å². The number of anilines is 5. The number of likely N-dealkylation sites (N-methyl/N-ethyl adjacent to an activating group) is 3. The number of hydrogen-bond acceptors (Lipinski definition) is 17. The van der Waals surface area contributed by atoms with Crippen molar-refractivity contribution < 1.29 is 81.3 Å². The maximum Gasteiger partial charge on any atom is 0.418 e. The first kappa shape index (κ1) is 76.0. The van der Waals surface area contributed by atoms with E-state index in [4.69, 9.17) is 53.8 Å². The summed E-state index contributed by atoms with van der Waals surface area (Å²) in [6, 6.07) is 32.7. The molecule has 10 rings (SSSR count). The molecule has 4 atom stereocenters. The summed E-state index contributed by atoms with van der Waals surface area (Å²) >= 11 is 18.6. The first-order valence-corrected chi connectivity index (χ1v) is 32.5. The van der Waals surface area contributed by atoms with E-state index in [1.54, 1.807) is 103 Å². The Labute approximate surface area is 596 Å². The number of carbonyl (C=O) groups excluding carboxylic acids is 13. The van der Waals surface area contributed by atoms with E-state index in [0.717, 1.165) is 27.2 Å². The molecule has 27 nitrogen and oxygen atoms in total. The Kier molecular flexibility index (Phi) is 24.1. The van der Waals surface area contributed by atoms with Crippen LogP contribution in [0.2, 0.25) is 15.1 Å². The molecule has 3 fully saturated rings. The molecule has 0 radical (unpaired) electrons. The van der Waals surface area contributed by atoms with Crippen LogP contribution in [0.1, 0.15) is 73.7 Å². The topological polar surface area (TPSA) is 318 Å². The molecule has 0 aromatic heterocycles. The number of aryl methyl sites for hydroxylation is 2. The zero-order valence-electron chi connectivity index (χ0n) is 56.8. The highest BCUT2D eigenvalue weighted by Crippen LogP contribution is 2.35. The van der Waals surface area contributed by atoms with Crippen LogP contribution in [-0.2, 0) is 75.1 Å². The molecule has 3 saturated heterocycles. The fourth-order valence-corrected chi connectivity index (χ4v) is 11.4. The van der Waals surface area contributed by atoms with Gasteiger partial charge in [0.15, 0.2) is 17.2 Å². The Morgan fingerprint density at radius 2 is 1.07 bits per heavy atom. The number of amides is 13. The molecule has 0 bridgehead atoms. The van der Waals surface area contributed by atoms with E-state index < -0.39 is 113 Å². The van der Waals surface area contributed by atoms with Crippen molar-refractivity contribution in [2.75, 3.05) is 67.2 Å². The van der Waals surface area contributed by atoms with Gasteiger partial charge in [-0.2, -0.15) is 0 Å². The molecule has 30 heteroatoms. The van der Waals surface area contributed by atoms with E-state index in [0.29, 0.717) is 45.5 Å². The molecule has 13 amide bonds. The number of hydrogen-bond donors (Lipinski definition) is 3. The molecule has 0 aliphatic carbocycles. The van der Waals surface area contributed by atoms with Crippen molar-refractivity contribution in [3.05, 3.63) is 182 Å². The van der Waals surface area contributed by atoms with Crippen LogP contribution in [0.25, 0.3) is 0 Å². The summed E-state index contributed by atoms with van der Waals surface area (Å²) in [5.41, 5.74) is 2.16. The molecule has 4 heterocycles. The molecule has 530 valence electrons. The number of nitrogens with zero attached hydrogens (tertiary/aromatic N) is 7. The lowest BCUT2D eigenvalue weighted by Crippen LogP contribution is -2.57. The van der Waals surface area contributed by atoms with E-state index in [2.05, 4.69) is 16.0 Å². The molecule has 4 unspecified atom stereocenters. The van der Waals surface area contributed by atoms with Crippen molar-refractivity contribution in [2.24, 2.45) is 0 Å². The molecule has 6 aromatic rings. The summed E-state index contributed by atoms with van der Waals surface area (Å²) in [5, 5.41) is 8.24. The lowest BCUT2D eigenvalue weighted by Gasteiger charge is -2.28. The van der Waals surface area contributed by atoms with E-state index in [-0.39, 0.29) is 50.8 Å². The van der Waals surface area contributed by atoms with E-state index in [1.807, 2.05) is 39.0 Å². The van der Waals surface area contributed by atoms with Crippen molar-refractivity contribution in [3.8, 4) is 0 Å². The van der Waals surface area contributed by atoms with E-state index in [1.165, 1.54) is 88.8 Å². The van der Waals surface area contributed by atoms with Crippen LogP contribution in [0.5, 0.6) is 0 Å². The van der Waals surface area contributed by atoms with Crippen LogP contribution >= 0.6 is 34.8 Å². The summed E-state index contributed by atoms with van der Waals surface area (Å²) in [7, 11) is 5.46. The standard InChI is InChI=1S/C26H29ClN4O7.C23H22ClN3O5.C22H22ClN3O5/c1-5-13-38-25(35)17-11-12-18(27)19(14-17)28-21(32)20(31-23(34)24(37-4)30(3)26(31)36)22(33)29(2)15-16-9-7-6-8-10-16;1-13-8-9-15(24)16(12-13)25-19(28)18(27-21(30)23(2,3)32-22(27)31)20(29)26-11-10-14-6-4-5-7-17(14)26;1-13-10-11-15(23)16(12-13)24-18(27)17(26-20(29)22(2,3)31-21(26)30)19(28)25(4)14-8-6-5-7-9-14/h6-12,14,20,24H,5,13,15H2,1-4H3,(H,28,32);4-9,12,18H,10-11H2,1-3H3,(H,25,28);5-12,17H,1-4H3,(H,24,27). The first-order chi connectivity index (χ1) is 47.7. The minimum atomic E-state index is -1.88. The number of rotatable bonds is 19. The van der Waals surface area contributed by atoms with Gasteiger partial charge < -0.3 is 49.6 Å². The molecule has 0 saturated carbocycles. The van der Waals surface area contributed by atoms with Crippen molar-refractivity contribution in [3.63, 3.8) is 0 Å². The normalized spacial score (nSPS) is 16.5. The Bertz CT molecular complexity index is 4270. The number of halogens is 3. The van der Waals surface area contributed by atoms with Crippen molar-refractivity contribution in [1.29, 1.82) is 0 Å². The Morgan fingerprint density at radius 3 is 1.56 bits per heavy atom. The van der Waals surface area contributed by atoms with Gasteiger partial charge in [0.2, 0.25) is 18.3 Å². The zero-order valence-corrected chi connectivity index (χ0v) is 59.1. The summed E-state index contributed by atoms with van der Waals surface area (Å²) < 4.78 is 20.5. The molecule has 4 aliphatic heterocycles. The van der Waals surface area contributed by atoms with Gasteiger partial charge in [0.1, 0.15) is 0 Å². The fraction of sp³-hybridized carbons (Fsp3) is 0.310. The quantitative estimate of drug-likeness (QED) is 0.0294. The highest BCUT2D eigenvalue weighted by atomic mass is 35.5. The number of benzene rings is 6. The minimum absolute atomic E-state index is 0.00173. The second kappa shape index (κ2) is 32.1. The number of esters is 1. The average molecular weight is 1440 g/mol. The van der Waals surface area contributed by atoms with Gasteiger partial charge >= 0.3 is 24.2 Å². The predicted molar refractivity (Wildman–Crippen MR) is 373 cm³/mol. The molecule has 6 aromatic carbocycles. The van der Waals surface area contributed by atoms with E-state index >= 15 is 0 Å². The third-order valence-corrected chi connectivity index (χ3v) is 17.2. The van der Waals surface area contributed by atoms with Crippen LogP contribution < -0.4 is 25.8 Å². The molecular formula is C71H73Cl3N10O17. The first-order valence-electron chi connectivity index (χ1n) is 31.4. The van der Waals surface area contributed by atoms with Crippen molar-refractivity contribution in [2.45, 2.75) is 103 Å². The van der Waals surface area contributed by atoms with Gasteiger partial charge in [-0.05, 0) is 137 Å². The zero-order chi connectivity index (χ0) is 74.1. The summed E-state index contributed by atoms with van der Waals surface area (Å²) in [6.07, 6.45) is -2.19. The highest BCUT2D eigenvalue weighted by Gasteiger charge is 2.57. The number of cyclic esters (lactones) is 2. The second-order valence-corrected chi connectivity index (χ2v) is 25.8. The summed E-state index contributed by atoms with van der Waals surface area (Å²) in [5.74, 6) is -8.07. The second-order valence-electron chi connectivity index (χ2n) is 24.6. The largest absolute Gasteiger partial charge is 0.462 e. The Hall–Kier alpha value is -10.7. The third kappa shape index (κ3) is 16.9. The Balaban J connectivity index is 0.000000194. The van der Waals surface area contributed by atoms with Crippen LogP contribution in [0.3, 0.4) is 0 Å². The SMILES string of the molecule is CCCOC(=O)c1ccc(Cl)c(NC(=O)C(C(=O)N(C)Cc2ccccc2)N2C(=O)C(OC)N(C)C2=O)c1.Cc1ccc(Cl)c(NC(=O)C(C(=O)N(C)c2ccccc2)N2C(=O)OC(C)(C)C2=O)c1.Cc1ccc(Cl)c(NC(=O)C(C(=O)N2CCc3ccccc32)N2C(=O)OC(C)(C)C2=O)c1. The highest BCUT2D eigenvalue weighted by molar-refractivity contribution is 6.35. The fourth-order valence-electron chi connectivity index (χ4n) is 10.9. The average Bonchev–Trinajstić information content (AvgIpc) is 1.65. The van der Waals surface area contributed by atoms with Gasteiger partial charge in [0.25, 0.3) is 53.2 Å². The van der Waals surface area contributed by atoms with Crippen LogP contribution in [0.4, 0.5) is 42.8 Å². The molecular weight excluding hydrogens is 1370 g/mol. The van der Waals surface area contributed by atoms with Crippen molar-refractivity contribution >= 4 is 141 Å². The Morgan fingerprint density at radius 1 is 0.604 bits per heavy atom. The van der Waals surface area contributed by atoms with Gasteiger partial charge in [0.05, 0.1) is 44.3 Å². The molecule has 3 N–H and O–H groups in total. The molecule has 4 aliphatic rings. The van der Waals surface area contributed by atoms with Crippen LogP contribution in [-0.4, -0.2) is 179 Å². The number of methoxy groups -OCH3 is 1. The number of urea groups is 1. The monoisotopic (exact) mass is 1440 g/mol.